The molecule has 0 heterocycles. The molecule has 0 amide bonds. The van der Waals surface area contributed by atoms with E-state index in [1.54, 1.807) is 0 Å². The van der Waals surface area contributed by atoms with Crippen LogP contribution in [-0.4, -0.2) is 43.3 Å². The summed E-state index contributed by atoms with van der Waals surface area (Å²) in [7, 11) is -4.19. The first kappa shape index (κ1) is 20.9. The Morgan fingerprint density at radius 1 is 1.26 bits per heavy atom. The second-order valence-corrected chi connectivity index (χ2v) is 5.94. The molecule has 6 nitrogen and oxygen atoms in total. The van der Waals surface area contributed by atoms with E-state index in [0.29, 0.717) is 5.03 Å². The van der Waals surface area contributed by atoms with Gasteiger partial charge in [0.15, 0.2) is 0 Å². The SMILES string of the molecule is C=C(Cl)C(=NC(C)(C)C)N(CC)CC.[O-][Cl+](O)(O)O. The van der Waals surface area contributed by atoms with E-state index < -0.39 is 10.2 Å². The van der Waals surface area contributed by atoms with Gasteiger partial charge in [0.25, 0.3) is 0 Å². The van der Waals surface area contributed by atoms with E-state index in [9.17, 15) is 0 Å². The molecule has 0 fully saturated rings. The van der Waals surface area contributed by atoms with Crippen LogP contribution < -0.4 is 4.66 Å². The van der Waals surface area contributed by atoms with Crippen molar-refractivity contribution in [3.05, 3.63) is 11.6 Å². The van der Waals surface area contributed by atoms with Gasteiger partial charge in [0.1, 0.15) is 5.84 Å². The zero-order valence-corrected chi connectivity index (χ0v) is 13.5. The van der Waals surface area contributed by atoms with Crippen molar-refractivity contribution in [2.45, 2.75) is 40.2 Å². The van der Waals surface area contributed by atoms with Crippen molar-refractivity contribution in [3.8, 4) is 0 Å². The number of aliphatic imine (C=N–C) groups is 1. The Kier molecular flexibility index (Phi) is 9.62. The molecule has 0 radical (unpaired) electrons. The Morgan fingerprint density at radius 3 is 1.74 bits per heavy atom. The van der Waals surface area contributed by atoms with Crippen LogP contribution in [0.1, 0.15) is 34.6 Å². The molecule has 0 bridgehead atoms. The summed E-state index contributed by atoms with van der Waals surface area (Å²) in [6.45, 7) is 15.9. The molecular weight excluding hydrogens is 295 g/mol. The predicted octanol–water partition coefficient (Wildman–Crippen LogP) is 0.418. The summed E-state index contributed by atoms with van der Waals surface area (Å²) in [5.41, 5.74) is -0.115. The van der Waals surface area contributed by atoms with Crippen LogP contribution in [0.25, 0.3) is 0 Å². The number of likely N-dealkylation sites (N-methyl/N-ethyl adjacent to an activating group) is 1. The Bertz CT molecular complexity index is 299. The second-order valence-electron chi connectivity index (χ2n) is 4.62. The van der Waals surface area contributed by atoms with Gasteiger partial charge >= 0.3 is 28.9 Å². The van der Waals surface area contributed by atoms with Gasteiger partial charge < -0.3 is 4.90 Å². The molecule has 0 saturated carbocycles. The number of halogens is 2. The minimum atomic E-state index is -4.19. The summed E-state index contributed by atoms with van der Waals surface area (Å²) >= 11 is 5.94. The topological polar surface area (TPSA) is 99.4 Å². The van der Waals surface area contributed by atoms with E-state index in [2.05, 4.69) is 51.1 Å². The van der Waals surface area contributed by atoms with Gasteiger partial charge in [-0.15, -0.1) is 0 Å². The van der Waals surface area contributed by atoms with Crippen LogP contribution in [-0.2, 0) is 0 Å². The standard InChI is InChI=1S/C11H21ClN2.ClH3O4/c1-7-14(8-2)10(9(3)12)13-11(4,5)6;2-1(3,4)5/h3,7-8H2,1-2,4-6H3;2-4H. The fraction of sp³-hybridized carbons (Fsp3) is 0.727. The molecule has 0 unspecified atom stereocenters. The number of nitrogens with zero attached hydrogens (tertiary/aromatic N) is 2. The van der Waals surface area contributed by atoms with Crippen molar-refractivity contribution >= 4 is 17.4 Å². The van der Waals surface area contributed by atoms with Gasteiger partial charge in [0.2, 0.25) is 0 Å². The summed E-state index contributed by atoms with van der Waals surface area (Å²) < 4.78 is 30.2. The van der Waals surface area contributed by atoms with Crippen molar-refractivity contribution in [1.82, 2.24) is 4.90 Å². The van der Waals surface area contributed by atoms with Crippen molar-refractivity contribution in [3.63, 3.8) is 0 Å². The molecular formula is C11H24Cl2N2O4. The molecule has 0 aliphatic carbocycles. The van der Waals surface area contributed by atoms with Gasteiger partial charge in [-0.25, -0.2) is 0 Å². The van der Waals surface area contributed by atoms with Crippen LogP contribution in [0, 0.1) is 10.2 Å². The fourth-order valence-electron chi connectivity index (χ4n) is 1.14. The summed E-state index contributed by atoms with van der Waals surface area (Å²) in [6.07, 6.45) is 0. The van der Waals surface area contributed by atoms with Gasteiger partial charge in [-0.2, -0.15) is 0 Å². The molecule has 0 spiro atoms. The molecule has 8 heteroatoms. The monoisotopic (exact) mass is 318 g/mol. The number of amidine groups is 1. The Balaban J connectivity index is 0. The van der Waals surface area contributed by atoms with E-state index >= 15 is 0 Å². The molecule has 19 heavy (non-hydrogen) atoms. The summed E-state index contributed by atoms with van der Waals surface area (Å²) in [5, 5.41) is 0.517. The summed E-state index contributed by atoms with van der Waals surface area (Å²) in [4.78, 5) is 6.67. The van der Waals surface area contributed by atoms with Crippen LogP contribution in [0.15, 0.2) is 16.6 Å². The average molecular weight is 319 g/mol. The van der Waals surface area contributed by atoms with Crippen LogP contribution in [0.3, 0.4) is 0 Å². The minimum absolute atomic E-state index is 0.115. The Morgan fingerprint density at radius 2 is 1.58 bits per heavy atom. The maximum absolute atomic E-state index is 8.83. The quantitative estimate of drug-likeness (QED) is 0.517. The molecule has 0 aromatic rings. The van der Waals surface area contributed by atoms with E-state index in [-0.39, 0.29) is 5.54 Å². The molecule has 0 aromatic heterocycles. The van der Waals surface area contributed by atoms with Crippen LogP contribution in [0.2, 0.25) is 0 Å². The van der Waals surface area contributed by atoms with Crippen molar-refractivity contribution < 1.29 is 28.9 Å². The van der Waals surface area contributed by atoms with Crippen LogP contribution in [0.5, 0.6) is 0 Å². The van der Waals surface area contributed by atoms with Crippen LogP contribution in [0.4, 0.5) is 0 Å². The predicted molar refractivity (Wildman–Crippen MR) is 71.8 cm³/mol. The molecule has 3 N–H and O–H groups in total. The molecule has 0 aliphatic heterocycles. The number of rotatable bonds is 3. The van der Waals surface area contributed by atoms with Gasteiger partial charge in [-0.3, -0.25) is 4.99 Å². The molecule has 0 atom stereocenters. The van der Waals surface area contributed by atoms with Crippen molar-refractivity contribution in [1.29, 1.82) is 0 Å². The van der Waals surface area contributed by atoms with E-state index in [0.717, 1.165) is 18.9 Å². The number of hydrogen-bond donors (Lipinski definition) is 3. The van der Waals surface area contributed by atoms with Crippen molar-refractivity contribution in [2.75, 3.05) is 13.1 Å². The zero-order chi connectivity index (χ0) is 15.9. The van der Waals surface area contributed by atoms with Crippen molar-refractivity contribution in [2.24, 2.45) is 4.99 Å². The number of hydrogen-bond acceptors (Lipinski definition) is 5. The molecule has 0 aromatic carbocycles. The van der Waals surface area contributed by atoms with E-state index in [4.69, 9.17) is 30.2 Å². The average Bonchev–Trinajstić information content (AvgIpc) is 2.13. The molecule has 0 aliphatic rings. The van der Waals surface area contributed by atoms with Crippen LogP contribution >= 0.6 is 11.6 Å². The Hall–Kier alpha value is -0.370. The third-order valence-electron chi connectivity index (χ3n) is 1.75. The zero-order valence-electron chi connectivity index (χ0n) is 12.0. The first-order chi connectivity index (χ1) is 8.31. The Labute approximate surface area is 121 Å². The van der Waals surface area contributed by atoms with Gasteiger partial charge in [-0.1, -0.05) is 18.2 Å². The second kappa shape index (κ2) is 8.73. The first-order valence-electron chi connectivity index (χ1n) is 5.67. The molecule has 0 saturated heterocycles. The first-order valence-corrected chi connectivity index (χ1v) is 7.37. The maximum atomic E-state index is 8.83. The summed E-state index contributed by atoms with van der Waals surface area (Å²) in [5.74, 6) is 0.809. The van der Waals surface area contributed by atoms with Gasteiger partial charge in [0.05, 0.1) is 10.6 Å². The molecule has 0 rings (SSSR count). The summed E-state index contributed by atoms with van der Waals surface area (Å²) in [6, 6.07) is 0. The van der Waals surface area contributed by atoms with E-state index in [1.165, 1.54) is 0 Å². The molecule has 116 valence electrons. The van der Waals surface area contributed by atoms with Gasteiger partial charge in [0, 0.05) is 13.1 Å². The third kappa shape index (κ3) is 15.6. The third-order valence-corrected chi connectivity index (χ3v) is 1.92. The van der Waals surface area contributed by atoms with Gasteiger partial charge in [-0.05, 0) is 34.6 Å². The normalized spacial score (nSPS) is 13.5. The van der Waals surface area contributed by atoms with E-state index in [1.807, 2.05) is 0 Å². The fourth-order valence-corrected chi connectivity index (χ4v) is 1.31.